The molecule has 3 aromatic rings. The lowest BCUT2D eigenvalue weighted by Gasteiger charge is -2.16. The summed E-state index contributed by atoms with van der Waals surface area (Å²) in [5.74, 6) is -0.316. The van der Waals surface area contributed by atoms with Crippen molar-refractivity contribution in [3.05, 3.63) is 95.0 Å². The number of thioether (sulfide) groups is 1. The molecule has 1 N–H and O–H groups in total. The molecule has 1 aliphatic heterocycles. The highest BCUT2D eigenvalue weighted by Crippen LogP contribution is 2.33. The molecule has 5 nitrogen and oxygen atoms in total. The van der Waals surface area contributed by atoms with Gasteiger partial charge in [-0.15, -0.1) is 0 Å². The Morgan fingerprint density at radius 3 is 2.32 bits per heavy atom. The molecule has 1 atom stereocenters. The molecule has 31 heavy (non-hydrogen) atoms. The first kappa shape index (κ1) is 21.3. The van der Waals surface area contributed by atoms with Crippen LogP contribution in [0.2, 0.25) is 0 Å². The fraction of sp³-hybridized carbons (Fsp3) is 0.125. The quantitative estimate of drug-likeness (QED) is 0.485. The van der Waals surface area contributed by atoms with Crippen molar-refractivity contribution in [2.75, 3.05) is 5.32 Å². The Kier molecular flexibility index (Phi) is 6.84. The molecule has 0 aliphatic carbocycles. The van der Waals surface area contributed by atoms with Gasteiger partial charge in [0, 0.05) is 10.9 Å². The minimum Gasteiger partial charge on any atom is -0.325 e. The fourth-order valence-corrected chi connectivity index (χ4v) is 4.72. The molecule has 1 aliphatic rings. The lowest BCUT2D eigenvalue weighted by molar-refractivity contribution is -0.128. The summed E-state index contributed by atoms with van der Waals surface area (Å²) in [4.78, 5) is 32.2. The highest BCUT2D eigenvalue weighted by molar-refractivity contribution is 9.10. The summed E-state index contributed by atoms with van der Waals surface area (Å²) in [6.07, 6.45) is 0.0733. The van der Waals surface area contributed by atoms with E-state index in [2.05, 4.69) is 26.2 Å². The molecule has 1 saturated heterocycles. The maximum Gasteiger partial charge on any atom is 0.242 e. The van der Waals surface area contributed by atoms with Crippen LogP contribution in [0.25, 0.3) is 0 Å². The molecule has 3 aromatic carbocycles. The van der Waals surface area contributed by atoms with Gasteiger partial charge in [-0.1, -0.05) is 72.4 Å². The maximum atomic E-state index is 13.2. The third-order valence-electron chi connectivity index (χ3n) is 4.70. The Balaban J connectivity index is 1.53. The van der Waals surface area contributed by atoms with Crippen molar-refractivity contribution in [2.45, 2.75) is 18.2 Å². The van der Waals surface area contributed by atoms with E-state index in [1.807, 2.05) is 84.9 Å². The van der Waals surface area contributed by atoms with Gasteiger partial charge < -0.3 is 5.32 Å². The molecule has 2 amide bonds. The second-order valence-electron chi connectivity index (χ2n) is 6.98. The molecule has 156 valence electrons. The second-order valence-corrected chi connectivity index (χ2v) is 9.00. The van der Waals surface area contributed by atoms with Crippen LogP contribution < -0.4 is 5.32 Å². The van der Waals surface area contributed by atoms with Crippen LogP contribution >= 0.6 is 27.7 Å². The Bertz CT molecular complexity index is 1110. The Morgan fingerprint density at radius 2 is 1.61 bits per heavy atom. The van der Waals surface area contributed by atoms with Crippen molar-refractivity contribution in [1.29, 1.82) is 0 Å². The number of nitrogens with zero attached hydrogens (tertiary/aromatic N) is 2. The van der Waals surface area contributed by atoms with Gasteiger partial charge in [-0.3, -0.25) is 14.5 Å². The van der Waals surface area contributed by atoms with Gasteiger partial charge in [0.2, 0.25) is 11.8 Å². The van der Waals surface area contributed by atoms with Crippen LogP contribution in [0.15, 0.2) is 94.4 Å². The standard InChI is InChI=1S/C24H20BrN3O2S/c25-19-13-7-8-14-20(19)27-22(29)15-21-23(30)28(16-17-9-3-1-4-10-17)24(31-21)26-18-11-5-2-6-12-18/h1-14,21H,15-16H2,(H,27,29). The van der Waals surface area contributed by atoms with Gasteiger partial charge in [-0.2, -0.15) is 0 Å². The number of amidine groups is 1. The largest absolute Gasteiger partial charge is 0.325 e. The monoisotopic (exact) mass is 493 g/mol. The highest BCUT2D eigenvalue weighted by atomic mass is 79.9. The Labute approximate surface area is 193 Å². The van der Waals surface area contributed by atoms with Crippen LogP contribution in [0, 0.1) is 0 Å². The van der Waals surface area contributed by atoms with Crippen molar-refractivity contribution in [2.24, 2.45) is 4.99 Å². The van der Waals surface area contributed by atoms with Crippen molar-refractivity contribution in [3.8, 4) is 0 Å². The first-order valence-corrected chi connectivity index (χ1v) is 11.5. The summed E-state index contributed by atoms with van der Waals surface area (Å²) in [5.41, 5.74) is 2.46. The molecule has 0 spiro atoms. The predicted octanol–water partition coefficient (Wildman–Crippen LogP) is 5.61. The van der Waals surface area contributed by atoms with E-state index in [0.29, 0.717) is 17.4 Å². The number of carbonyl (C=O) groups is 2. The fourth-order valence-electron chi connectivity index (χ4n) is 3.18. The molecular weight excluding hydrogens is 474 g/mol. The van der Waals surface area contributed by atoms with Gasteiger partial charge in [-0.25, -0.2) is 4.99 Å². The van der Waals surface area contributed by atoms with Crippen LogP contribution in [0.1, 0.15) is 12.0 Å². The average Bonchev–Trinajstić information content (AvgIpc) is 3.05. The molecule has 4 rings (SSSR count). The molecule has 1 fully saturated rings. The predicted molar refractivity (Wildman–Crippen MR) is 129 cm³/mol. The summed E-state index contributed by atoms with van der Waals surface area (Å²) in [5, 5.41) is 2.97. The Morgan fingerprint density at radius 1 is 0.968 bits per heavy atom. The van der Waals surface area contributed by atoms with E-state index in [9.17, 15) is 9.59 Å². The number of hydrogen-bond acceptors (Lipinski definition) is 4. The molecule has 7 heteroatoms. The zero-order valence-electron chi connectivity index (χ0n) is 16.6. The van der Waals surface area contributed by atoms with E-state index in [4.69, 9.17) is 0 Å². The number of nitrogens with one attached hydrogen (secondary N) is 1. The maximum absolute atomic E-state index is 13.2. The molecular formula is C24H20BrN3O2S. The summed E-state index contributed by atoms with van der Waals surface area (Å²) in [6.45, 7) is 0.417. The molecule has 1 heterocycles. The zero-order chi connectivity index (χ0) is 21.6. The van der Waals surface area contributed by atoms with Gasteiger partial charge in [0.05, 0.1) is 17.9 Å². The average molecular weight is 494 g/mol. The van der Waals surface area contributed by atoms with Gasteiger partial charge in [0.15, 0.2) is 5.17 Å². The van der Waals surface area contributed by atoms with Crippen molar-refractivity contribution >= 4 is 56.0 Å². The van der Waals surface area contributed by atoms with Crippen LogP contribution in [0.4, 0.5) is 11.4 Å². The minimum atomic E-state index is -0.520. The second kappa shape index (κ2) is 9.94. The number of benzene rings is 3. The van der Waals surface area contributed by atoms with E-state index in [0.717, 1.165) is 15.7 Å². The number of amides is 2. The van der Waals surface area contributed by atoms with Gasteiger partial charge >= 0.3 is 0 Å². The number of halogens is 1. The molecule has 0 bridgehead atoms. The highest BCUT2D eigenvalue weighted by Gasteiger charge is 2.39. The molecule has 0 aromatic heterocycles. The van der Waals surface area contributed by atoms with E-state index >= 15 is 0 Å². The van der Waals surface area contributed by atoms with Crippen molar-refractivity contribution in [3.63, 3.8) is 0 Å². The third kappa shape index (κ3) is 5.42. The van der Waals surface area contributed by atoms with Gasteiger partial charge in [-0.05, 0) is 45.8 Å². The number of para-hydroxylation sites is 2. The molecule has 0 radical (unpaired) electrons. The first-order valence-electron chi connectivity index (χ1n) is 9.80. The van der Waals surface area contributed by atoms with E-state index in [1.165, 1.54) is 11.8 Å². The molecule has 0 saturated carbocycles. The molecule has 1 unspecified atom stereocenters. The zero-order valence-corrected chi connectivity index (χ0v) is 19.0. The summed E-state index contributed by atoms with van der Waals surface area (Å²) < 4.78 is 0.797. The van der Waals surface area contributed by atoms with Gasteiger partial charge in [0.1, 0.15) is 5.25 Å². The number of rotatable bonds is 6. The number of anilines is 1. The number of carbonyl (C=O) groups excluding carboxylic acids is 2. The lowest BCUT2D eigenvalue weighted by Crippen LogP contribution is -2.33. The lowest BCUT2D eigenvalue weighted by atomic mass is 10.2. The smallest absolute Gasteiger partial charge is 0.242 e. The third-order valence-corrected chi connectivity index (χ3v) is 6.57. The van der Waals surface area contributed by atoms with Gasteiger partial charge in [0.25, 0.3) is 0 Å². The van der Waals surface area contributed by atoms with Crippen molar-refractivity contribution < 1.29 is 9.59 Å². The topological polar surface area (TPSA) is 61.8 Å². The van der Waals surface area contributed by atoms with E-state index in [1.54, 1.807) is 4.90 Å². The normalized spacial score (nSPS) is 17.2. The van der Waals surface area contributed by atoms with E-state index < -0.39 is 5.25 Å². The first-order chi connectivity index (χ1) is 15.1. The van der Waals surface area contributed by atoms with Crippen LogP contribution in [-0.2, 0) is 16.1 Å². The summed E-state index contributed by atoms with van der Waals surface area (Å²) >= 11 is 4.77. The van der Waals surface area contributed by atoms with E-state index in [-0.39, 0.29) is 18.2 Å². The van der Waals surface area contributed by atoms with Crippen LogP contribution in [0.5, 0.6) is 0 Å². The summed E-state index contributed by atoms with van der Waals surface area (Å²) in [6, 6.07) is 26.7. The number of hydrogen-bond donors (Lipinski definition) is 1. The number of aliphatic imine (C=N–C) groups is 1. The SMILES string of the molecule is O=C(CC1SC(=Nc2ccccc2)N(Cc2ccccc2)C1=O)Nc1ccccc1Br. The minimum absolute atomic E-state index is 0.0733. The van der Waals surface area contributed by atoms with Crippen molar-refractivity contribution in [1.82, 2.24) is 4.90 Å². The summed E-state index contributed by atoms with van der Waals surface area (Å²) in [7, 11) is 0. The Hall–Kier alpha value is -2.90. The van der Waals surface area contributed by atoms with Crippen LogP contribution in [0.3, 0.4) is 0 Å². The van der Waals surface area contributed by atoms with Crippen LogP contribution in [-0.4, -0.2) is 27.1 Å².